The molecule has 3 heterocycles. The Balaban J connectivity index is 1.55. The van der Waals surface area contributed by atoms with Crippen molar-refractivity contribution in [3.63, 3.8) is 0 Å². The summed E-state index contributed by atoms with van der Waals surface area (Å²) in [5.74, 6) is 1.13. The second-order valence-corrected chi connectivity index (χ2v) is 13.8. The minimum absolute atomic E-state index is 0.0441. The van der Waals surface area contributed by atoms with Crippen molar-refractivity contribution < 1.29 is 42.8 Å². The number of hydrogen-bond donors (Lipinski definition) is 2. The number of ether oxygens (including phenoxy) is 6. The van der Waals surface area contributed by atoms with Crippen LogP contribution in [0, 0.1) is 0 Å². The van der Waals surface area contributed by atoms with E-state index < -0.39 is 23.7 Å². The number of methoxy groups -OCH3 is 5. The quantitative estimate of drug-likeness (QED) is 0.128. The van der Waals surface area contributed by atoms with Crippen LogP contribution in [0.3, 0.4) is 0 Å². The van der Waals surface area contributed by atoms with Gasteiger partial charge < -0.3 is 39.0 Å². The lowest BCUT2D eigenvalue weighted by atomic mass is 9.89. The van der Waals surface area contributed by atoms with Crippen LogP contribution < -0.4 is 44.8 Å². The Kier molecular flexibility index (Phi) is 13.8. The highest BCUT2D eigenvalue weighted by Gasteiger charge is 2.35. The van der Waals surface area contributed by atoms with Gasteiger partial charge in [-0.15, -0.1) is 5.12 Å². The molecular weight excluding hydrogens is 767 g/mol. The van der Waals surface area contributed by atoms with Gasteiger partial charge in [-0.2, -0.15) is 16.7 Å². The summed E-state index contributed by atoms with van der Waals surface area (Å²) in [6, 6.07) is 20.5. The zero-order valence-corrected chi connectivity index (χ0v) is 33.8. The average molecular weight is 812 g/mol. The molecule has 1 aliphatic rings. The van der Waals surface area contributed by atoms with E-state index in [1.165, 1.54) is 27.5 Å². The number of thioether (sulfide) groups is 1. The average Bonchev–Trinajstić information content (AvgIpc) is 3.31. The maximum atomic E-state index is 14.8. The van der Waals surface area contributed by atoms with Crippen LogP contribution in [0.15, 0.2) is 85.2 Å². The van der Waals surface area contributed by atoms with Crippen molar-refractivity contribution >= 4 is 29.3 Å². The van der Waals surface area contributed by atoms with Crippen molar-refractivity contribution in [3.8, 4) is 34.8 Å². The molecule has 58 heavy (non-hydrogen) atoms. The van der Waals surface area contributed by atoms with E-state index >= 15 is 0 Å². The first-order valence-electron chi connectivity index (χ1n) is 18.0. The molecule has 5 aromatic rings. The van der Waals surface area contributed by atoms with E-state index in [4.69, 9.17) is 44.0 Å². The number of ketones is 1. The second kappa shape index (κ2) is 19.3. The molecule has 0 aliphatic carbocycles. The largest absolute Gasteiger partial charge is 0.497 e. The molecule has 0 amide bonds. The summed E-state index contributed by atoms with van der Waals surface area (Å²) < 4.78 is 33.8. The maximum absolute atomic E-state index is 14.8. The number of anilines is 1. The van der Waals surface area contributed by atoms with Crippen molar-refractivity contribution in [2.45, 2.75) is 31.7 Å². The SMILES string of the molecule is COc1ccc(CN(c2nc(OCc3ccccn3)ncc2C(=O)c2cc(OC)c(OC)c(OC)c2)N2Cc3ccc(OC)cc3C(CSC)C(N)C(=O)ON2)cc1. The molecule has 0 saturated heterocycles. The third kappa shape index (κ3) is 9.34. The molecule has 0 spiro atoms. The van der Waals surface area contributed by atoms with Crippen molar-refractivity contribution in [2.24, 2.45) is 5.73 Å². The van der Waals surface area contributed by atoms with E-state index in [0.717, 1.165) is 16.7 Å². The lowest BCUT2D eigenvalue weighted by Gasteiger charge is -2.36. The number of fused-ring (bicyclic) bond motifs is 1. The summed E-state index contributed by atoms with van der Waals surface area (Å²) in [5, 5.41) is 3.22. The number of carbonyl (C=O) groups is 2. The predicted octanol–water partition coefficient (Wildman–Crippen LogP) is 4.90. The second-order valence-electron chi connectivity index (χ2n) is 12.9. The Morgan fingerprint density at radius 2 is 1.66 bits per heavy atom. The number of nitrogens with zero attached hydrogens (tertiary/aromatic N) is 5. The molecule has 17 heteroatoms. The van der Waals surface area contributed by atoms with Gasteiger partial charge in [0, 0.05) is 29.6 Å². The lowest BCUT2D eigenvalue weighted by molar-refractivity contribution is -0.169. The third-order valence-corrected chi connectivity index (χ3v) is 10.1. The third-order valence-electron chi connectivity index (χ3n) is 9.40. The number of aromatic nitrogens is 3. The summed E-state index contributed by atoms with van der Waals surface area (Å²) in [4.78, 5) is 47.9. The highest BCUT2D eigenvalue weighted by atomic mass is 32.2. The molecule has 0 bridgehead atoms. The molecule has 2 atom stereocenters. The molecule has 2 unspecified atom stereocenters. The Labute approximate surface area is 340 Å². The van der Waals surface area contributed by atoms with E-state index in [9.17, 15) is 9.59 Å². The summed E-state index contributed by atoms with van der Waals surface area (Å²) in [7, 11) is 7.56. The van der Waals surface area contributed by atoms with Crippen LogP contribution in [0.4, 0.5) is 5.82 Å². The molecule has 3 aromatic carbocycles. The van der Waals surface area contributed by atoms with Gasteiger partial charge in [0.25, 0.3) is 0 Å². The van der Waals surface area contributed by atoms with E-state index in [1.54, 1.807) is 60.5 Å². The van der Waals surface area contributed by atoms with Gasteiger partial charge in [0.05, 0.1) is 59.9 Å². The van der Waals surface area contributed by atoms with E-state index in [1.807, 2.05) is 60.9 Å². The van der Waals surface area contributed by atoms with Crippen LogP contribution in [-0.4, -0.2) is 85.4 Å². The zero-order chi connectivity index (χ0) is 41.2. The maximum Gasteiger partial charge on any atom is 0.343 e. The first-order valence-corrected chi connectivity index (χ1v) is 19.4. The number of rotatable bonds is 16. The van der Waals surface area contributed by atoms with Crippen molar-refractivity contribution in [3.05, 3.63) is 119 Å². The van der Waals surface area contributed by atoms with E-state index in [-0.39, 0.29) is 54.2 Å². The van der Waals surface area contributed by atoms with Gasteiger partial charge in [0.1, 0.15) is 24.1 Å². The molecule has 3 N–H and O–H groups in total. The van der Waals surface area contributed by atoms with Gasteiger partial charge in [-0.05, 0) is 71.5 Å². The van der Waals surface area contributed by atoms with Crippen LogP contribution in [0.1, 0.15) is 44.2 Å². The first kappa shape index (κ1) is 41.5. The zero-order valence-electron chi connectivity index (χ0n) is 33.0. The number of pyridine rings is 1. The van der Waals surface area contributed by atoms with Crippen molar-refractivity contribution in [1.29, 1.82) is 0 Å². The predicted molar refractivity (Wildman–Crippen MR) is 216 cm³/mol. The van der Waals surface area contributed by atoms with E-state index in [2.05, 4.69) is 15.6 Å². The highest BCUT2D eigenvalue weighted by molar-refractivity contribution is 7.98. The number of nitrogens with two attached hydrogens (primary N) is 1. The summed E-state index contributed by atoms with van der Waals surface area (Å²) >= 11 is 1.56. The minimum Gasteiger partial charge on any atom is -0.497 e. The fraction of sp³-hybridized carbons (Fsp3) is 0.293. The summed E-state index contributed by atoms with van der Waals surface area (Å²) in [5.41, 5.74) is 12.7. The Morgan fingerprint density at radius 3 is 2.29 bits per heavy atom. The van der Waals surface area contributed by atoms with Crippen LogP contribution >= 0.6 is 11.8 Å². The Morgan fingerprint density at radius 1 is 0.931 bits per heavy atom. The van der Waals surface area contributed by atoms with Gasteiger partial charge >= 0.3 is 12.0 Å². The topological polar surface area (TPSA) is 182 Å². The van der Waals surface area contributed by atoms with Crippen LogP contribution in [-0.2, 0) is 29.3 Å². The Bertz CT molecular complexity index is 2170. The fourth-order valence-electron chi connectivity index (χ4n) is 6.37. The van der Waals surface area contributed by atoms with Gasteiger partial charge in [-0.25, -0.2) is 9.78 Å². The molecule has 16 nitrogen and oxygen atoms in total. The molecule has 2 aromatic heterocycles. The molecule has 0 fully saturated rings. The fourth-order valence-corrected chi connectivity index (χ4v) is 7.11. The van der Waals surface area contributed by atoms with Gasteiger partial charge in [0.2, 0.25) is 5.75 Å². The highest BCUT2D eigenvalue weighted by Crippen LogP contribution is 2.40. The van der Waals surface area contributed by atoms with Crippen molar-refractivity contribution in [2.75, 3.05) is 52.6 Å². The number of carbonyl (C=O) groups excluding carboxylic acids is 2. The van der Waals surface area contributed by atoms with Gasteiger partial charge in [-0.1, -0.05) is 29.9 Å². The van der Waals surface area contributed by atoms with Crippen molar-refractivity contribution in [1.82, 2.24) is 25.7 Å². The van der Waals surface area contributed by atoms with Gasteiger partial charge in [0.15, 0.2) is 23.1 Å². The number of hydrogen-bond acceptors (Lipinski definition) is 17. The summed E-state index contributed by atoms with van der Waals surface area (Å²) in [6.07, 6.45) is 4.98. The number of benzene rings is 3. The molecule has 0 saturated carbocycles. The molecule has 1 aliphatic heterocycles. The molecule has 304 valence electrons. The summed E-state index contributed by atoms with van der Waals surface area (Å²) in [6.45, 7) is 0.237. The van der Waals surface area contributed by atoms with Crippen LogP contribution in [0.2, 0.25) is 0 Å². The number of hydrazine groups is 2. The van der Waals surface area contributed by atoms with Crippen LogP contribution in [0.25, 0.3) is 0 Å². The lowest BCUT2D eigenvalue weighted by Crippen LogP contribution is -2.52. The molecular formula is C41H45N7O9S. The molecule has 6 rings (SSSR count). The van der Waals surface area contributed by atoms with Crippen LogP contribution in [0.5, 0.6) is 34.8 Å². The smallest absolute Gasteiger partial charge is 0.343 e. The minimum atomic E-state index is -1.02. The Hall–Kier alpha value is -6.14. The molecule has 0 radical (unpaired) electrons. The normalized spacial score (nSPS) is 15.5. The number of nitrogens with one attached hydrogen (secondary N) is 1. The van der Waals surface area contributed by atoms with Gasteiger partial charge in [-0.3, -0.25) is 14.8 Å². The monoisotopic (exact) mass is 811 g/mol. The van der Waals surface area contributed by atoms with E-state index in [0.29, 0.717) is 28.7 Å². The standard InChI is InChI=1S/C41H45N7O9S/c1-51-29-13-10-25(11-14-29)21-47(48-22-26-12-15-30(52-2)19-31(26)33(24-58-6)36(42)40(50)57-46-48)39-32(20-44-41(45-39)56-23-28-9-7-8-16-43-28)37(49)27-17-34(53-3)38(55-5)35(18-27)54-4/h7-20,33,36,46H,21-24,42H2,1-6H3. The first-order chi connectivity index (χ1) is 28.2.